The molecule has 0 saturated carbocycles. The minimum absolute atomic E-state index is 0.116. The Hall–Kier alpha value is -2.86. The van der Waals surface area contributed by atoms with E-state index >= 15 is 0 Å². The van der Waals surface area contributed by atoms with E-state index in [1.807, 2.05) is 11.0 Å². The average molecular weight is 407 g/mol. The standard InChI is InChI=1S/C18H14ClF3N6/c19-13-4-6-15(24-14(13)8-23)27-7-1-2-11(9-27)17-26-25-16-5-3-12(10-28(16)17)18(20,21)22/h3-6,10-11H,1-2,7,9H2. The molecule has 0 spiro atoms. The van der Waals surface area contributed by atoms with Crippen LogP contribution in [-0.2, 0) is 6.18 Å². The summed E-state index contributed by atoms with van der Waals surface area (Å²) in [6.07, 6.45) is -1.82. The number of piperidine rings is 1. The largest absolute Gasteiger partial charge is 0.417 e. The maximum Gasteiger partial charge on any atom is 0.417 e. The summed E-state index contributed by atoms with van der Waals surface area (Å²) < 4.78 is 40.6. The Morgan fingerprint density at radius 3 is 2.75 bits per heavy atom. The summed E-state index contributed by atoms with van der Waals surface area (Å²) in [7, 11) is 0. The first-order valence-corrected chi connectivity index (χ1v) is 8.98. The summed E-state index contributed by atoms with van der Waals surface area (Å²) in [6.45, 7) is 1.23. The second kappa shape index (κ2) is 6.95. The molecule has 1 atom stereocenters. The van der Waals surface area contributed by atoms with Crippen LogP contribution in [0.1, 0.15) is 35.8 Å². The van der Waals surface area contributed by atoms with E-state index in [-0.39, 0.29) is 16.6 Å². The molecule has 1 aliphatic rings. The molecule has 0 N–H and O–H groups in total. The van der Waals surface area contributed by atoms with Gasteiger partial charge in [-0.3, -0.25) is 4.40 Å². The molecular weight excluding hydrogens is 393 g/mol. The van der Waals surface area contributed by atoms with Gasteiger partial charge in [-0.2, -0.15) is 18.4 Å². The first kappa shape index (κ1) is 18.5. The first-order chi connectivity index (χ1) is 13.4. The van der Waals surface area contributed by atoms with Gasteiger partial charge in [-0.15, -0.1) is 10.2 Å². The number of fused-ring (bicyclic) bond motifs is 1. The Bertz CT molecular complexity index is 1070. The molecule has 3 aromatic rings. The van der Waals surface area contributed by atoms with Gasteiger partial charge < -0.3 is 4.90 Å². The van der Waals surface area contributed by atoms with E-state index in [0.717, 1.165) is 31.6 Å². The molecule has 144 valence electrons. The summed E-state index contributed by atoms with van der Waals surface area (Å²) in [5.41, 5.74) is -0.229. The van der Waals surface area contributed by atoms with Gasteiger partial charge in [0.2, 0.25) is 0 Å². The van der Waals surface area contributed by atoms with Gasteiger partial charge in [-0.25, -0.2) is 4.98 Å². The van der Waals surface area contributed by atoms with Crippen LogP contribution in [0.25, 0.3) is 5.65 Å². The summed E-state index contributed by atoms with van der Waals surface area (Å²) in [4.78, 5) is 6.27. The van der Waals surface area contributed by atoms with Gasteiger partial charge in [-0.1, -0.05) is 11.6 Å². The highest BCUT2D eigenvalue weighted by molar-refractivity contribution is 6.31. The molecule has 6 nitrogen and oxygen atoms in total. The van der Waals surface area contributed by atoms with Crippen molar-refractivity contribution in [1.29, 1.82) is 5.26 Å². The number of pyridine rings is 2. The maximum atomic E-state index is 13.1. The van der Waals surface area contributed by atoms with Crippen LogP contribution in [0, 0.1) is 11.3 Å². The maximum absolute atomic E-state index is 13.1. The second-order valence-corrected chi connectivity index (χ2v) is 7.01. The van der Waals surface area contributed by atoms with E-state index in [9.17, 15) is 13.2 Å². The van der Waals surface area contributed by atoms with E-state index in [1.54, 1.807) is 12.1 Å². The fraction of sp³-hybridized carbons (Fsp3) is 0.333. The van der Waals surface area contributed by atoms with Crippen molar-refractivity contribution < 1.29 is 13.2 Å². The van der Waals surface area contributed by atoms with Crippen LogP contribution in [0.15, 0.2) is 30.5 Å². The van der Waals surface area contributed by atoms with Gasteiger partial charge in [0.15, 0.2) is 11.3 Å². The summed E-state index contributed by atoms with van der Waals surface area (Å²) >= 11 is 5.95. The van der Waals surface area contributed by atoms with Crippen LogP contribution in [0.3, 0.4) is 0 Å². The first-order valence-electron chi connectivity index (χ1n) is 8.60. The van der Waals surface area contributed by atoms with Crippen molar-refractivity contribution in [1.82, 2.24) is 19.6 Å². The summed E-state index contributed by atoms with van der Waals surface area (Å²) in [5, 5.41) is 17.6. The minimum atomic E-state index is -4.44. The van der Waals surface area contributed by atoms with E-state index in [0.29, 0.717) is 23.8 Å². The number of anilines is 1. The van der Waals surface area contributed by atoms with Crippen LogP contribution in [0.2, 0.25) is 5.02 Å². The van der Waals surface area contributed by atoms with Crippen molar-refractivity contribution in [2.24, 2.45) is 0 Å². The lowest BCUT2D eigenvalue weighted by Gasteiger charge is -2.33. The Labute approximate surface area is 163 Å². The van der Waals surface area contributed by atoms with E-state index in [4.69, 9.17) is 16.9 Å². The average Bonchev–Trinajstić information content (AvgIpc) is 3.11. The molecule has 10 heteroatoms. The molecule has 0 aliphatic carbocycles. The third-order valence-corrected chi connectivity index (χ3v) is 5.11. The van der Waals surface area contributed by atoms with Crippen molar-refractivity contribution in [3.05, 3.63) is 52.6 Å². The fourth-order valence-electron chi connectivity index (χ4n) is 3.44. The third kappa shape index (κ3) is 3.36. The highest BCUT2D eigenvalue weighted by Gasteiger charge is 2.32. The molecule has 1 unspecified atom stereocenters. The van der Waals surface area contributed by atoms with Gasteiger partial charge in [-0.05, 0) is 37.1 Å². The van der Waals surface area contributed by atoms with Crippen LogP contribution in [0.4, 0.5) is 19.0 Å². The third-order valence-electron chi connectivity index (χ3n) is 4.80. The predicted octanol–water partition coefficient (Wildman–Crippen LogP) is 4.05. The van der Waals surface area contributed by atoms with Gasteiger partial charge in [0.1, 0.15) is 17.7 Å². The van der Waals surface area contributed by atoms with E-state index in [1.165, 1.54) is 10.5 Å². The number of alkyl halides is 3. The molecule has 1 saturated heterocycles. The lowest BCUT2D eigenvalue weighted by Crippen LogP contribution is -2.35. The van der Waals surface area contributed by atoms with E-state index < -0.39 is 11.7 Å². The number of halogens is 4. The quantitative estimate of drug-likeness (QED) is 0.642. The van der Waals surface area contributed by atoms with Gasteiger partial charge >= 0.3 is 6.18 Å². The van der Waals surface area contributed by atoms with Crippen LogP contribution in [0.5, 0.6) is 0 Å². The fourth-order valence-corrected chi connectivity index (χ4v) is 3.58. The predicted molar refractivity (Wildman–Crippen MR) is 96.1 cm³/mol. The molecule has 3 aromatic heterocycles. The summed E-state index contributed by atoms with van der Waals surface area (Å²) in [5.74, 6) is 0.978. The molecule has 4 heterocycles. The number of nitrogens with zero attached hydrogens (tertiary/aromatic N) is 6. The van der Waals surface area contributed by atoms with Crippen molar-refractivity contribution in [3.63, 3.8) is 0 Å². The summed E-state index contributed by atoms with van der Waals surface area (Å²) in [6, 6.07) is 7.63. The Kier molecular flexibility index (Phi) is 4.59. The lowest BCUT2D eigenvalue weighted by molar-refractivity contribution is -0.137. The molecule has 0 aromatic carbocycles. The molecule has 4 rings (SSSR count). The number of hydrogen-bond acceptors (Lipinski definition) is 5. The molecule has 28 heavy (non-hydrogen) atoms. The van der Waals surface area contributed by atoms with Crippen molar-refractivity contribution in [2.75, 3.05) is 18.0 Å². The molecule has 0 radical (unpaired) electrons. The molecular formula is C18H14ClF3N6. The Morgan fingerprint density at radius 2 is 2.00 bits per heavy atom. The Morgan fingerprint density at radius 1 is 1.18 bits per heavy atom. The Balaban J connectivity index is 1.66. The molecule has 1 fully saturated rings. The smallest absolute Gasteiger partial charge is 0.356 e. The normalized spacial score (nSPS) is 17.7. The topological polar surface area (TPSA) is 70.1 Å². The zero-order valence-electron chi connectivity index (χ0n) is 14.5. The minimum Gasteiger partial charge on any atom is -0.356 e. The number of aromatic nitrogens is 4. The van der Waals surface area contributed by atoms with Crippen molar-refractivity contribution in [3.8, 4) is 6.07 Å². The van der Waals surface area contributed by atoms with E-state index in [2.05, 4.69) is 15.2 Å². The highest BCUT2D eigenvalue weighted by atomic mass is 35.5. The van der Waals surface area contributed by atoms with Gasteiger partial charge in [0, 0.05) is 25.2 Å². The molecule has 1 aliphatic heterocycles. The zero-order chi connectivity index (χ0) is 19.9. The van der Waals surface area contributed by atoms with Crippen LogP contribution in [-0.4, -0.2) is 32.7 Å². The number of hydrogen-bond donors (Lipinski definition) is 0. The highest BCUT2D eigenvalue weighted by Crippen LogP contribution is 2.32. The number of rotatable bonds is 2. The zero-order valence-corrected chi connectivity index (χ0v) is 15.2. The monoisotopic (exact) mass is 406 g/mol. The van der Waals surface area contributed by atoms with Gasteiger partial charge in [0.25, 0.3) is 0 Å². The van der Waals surface area contributed by atoms with Crippen LogP contribution >= 0.6 is 11.6 Å². The second-order valence-electron chi connectivity index (χ2n) is 6.60. The van der Waals surface area contributed by atoms with Gasteiger partial charge in [0.05, 0.1) is 10.6 Å². The molecule has 0 bridgehead atoms. The SMILES string of the molecule is N#Cc1nc(N2CCCC(c3nnc4ccc(C(F)(F)F)cn34)C2)ccc1Cl. The van der Waals surface area contributed by atoms with Crippen LogP contribution < -0.4 is 4.90 Å². The lowest BCUT2D eigenvalue weighted by atomic mass is 9.97. The van der Waals surface area contributed by atoms with Crippen molar-refractivity contribution >= 4 is 23.1 Å². The molecule has 0 amide bonds. The number of nitriles is 1. The van der Waals surface area contributed by atoms with Crippen molar-refractivity contribution in [2.45, 2.75) is 24.9 Å².